The second-order valence-corrected chi connectivity index (χ2v) is 5.86. The number of rotatable bonds is 2. The first kappa shape index (κ1) is 14.3. The second-order valence-electron chi connectivity index (χ2n) is 5.46. The summed E-state index contributed by atoms with van der Waals surface area (Å²) in [5.74, 6) is 1.11. The van der Waals surface area contributed by atoms with Crippen LogP contribution in [0.1, 0.15) is 11.9 Å². The fourth-order valence-electron chi connectivity index (χ4n) is 2.47. The zero-order valence-corrected chi connectivity index (χ0v) is 12.8. The van der Waals surface area contributed by atoms with Gasteiger partial charge in [-0.05, 0) is 32.3 Å². The molecule has 1 saturated heterocycles. The molecular formula is C14H18ClN5O. The van der Waals surface area contributed by atoms with Crippen LogP contribution in [0.3, 0.4) is 0 Å². The number of nitrogen functional groups attached to an aromatic ring is 1. The lowest BCUT2D eigenvalue weighted by Crippen LogP contribution is -2.45. The minimum absolute atomic E-state index is 0.133. The molecule has 6 nitrogen and oxygen atoms in total. The molecule has 0 aliphatic carbocycles. The normalized spacial score (nSPS) is 20.8. The Morgan fingerprint density at radius 1 is 1.33 bits per heavy atom. The summed E-state index contributed by atoms with van der Waals surface area (Å²) in [6, 6.07) is 5.38. The van der Waals surface area contributed by atoms with Gasteiger partial charge in [0.2, 0.25) is 0 Å². The molecule has 2 heterocycles. The Labute approximate surface area is 128 Å². The lowest BCUT2D eigenvalue weighted by atomic mass is 10.1. The van der Waals surface area contributed by atoms with Crippen LogP contribution in [0, 0.1) is 0 Å². The van der Waals surface area contributed by atoms with E-state index < -0.39 is 0 Å². The Morgan fingerprint density at radius 3 is 2.90 bits per heavy atom. The van der Waals surface area contributed by atoms with E-state index in [-0.39, 0.29) is 6.04 Å². The molecule has 0 amide bonds. The molecule has 21 heavy (non-hydrogen) atoms. The maximum absolute atomic E-state index is 6.18. The van der Waals surface area contributed by atoms with Crippen molar-refractivity contribution in [3.8, 4) is 11.5 Å². The summed E-state index contributed by atoms with van der Waals surface area (Å²) in [5.41, 5.74) is 7.01. The van der Waals surface area contributed by atoms with Crippen LogP contribution >= 0.6 is 11.6 Å². The third-order valence-electron chi connectivity index (χ3n) is 3.81. The molecule has 0 radical (unpaired) electrons. The van der Waals surface area contributed by atoms with Crippen LogP contribution in [-0.4, -0.2) is 53.7 Å². The predicted molar refractivity (Wildman–Crippen MR) is 82.0 cm³/mol. The monoisotopic (exact) mass is 307 g/mol. The van der Waals surface area contributed by atoms with E-state index in [1.807, 2.05) is 0 Å². The number of likely N-dealkylation sites (N-methyl/N-ethyl adjacent to an activating group) is 2. The minimum atomic E-state index is 0.133. The van der Waals surface area contributed by atoms with E-state index in [1.165, 1.54) is 0 Å². The van der Waals surface area contributed by atoms with Gasteiger partial charge in [0.15, 0.2) is 5.82 Å². The van der Waals surface area contributed by atoms with Gasteiger partial charge in [-0.1, -0.05) is 16.8 Å². The summed E-state index contributed by atoms with van der Waals surface area (Å²) >= 11 is 6.18. The Kier molecular flexibility index (Phi) is 3.84. The van der Waals surface area contributed by atoms with Crippen LogP contribution in [0.4, 0.5) is 5.69 Å². The number of nitrogens with two attached hydrogens (primary N) is 1. The van der Waals surface area contributed by atoms with Crippen molar-refractivity contribution in [2.45, 2.75) is 6.04 Å². The summed E-state index contributed by atoms with van der Waals surface area (Å²) in [6.07, 6.45) is 0. The van der Waals surface area contributed by atoms with Crippen LogP contribution in [0.2, 0.25) is 5.02 Å². The van der Waals surface area contributed by atoms with E-state index in [9.17, 15) is 0 Å². The van der Waals surface area contributed by atoms with Crippen LogP contribution in [-0.2, 0) is 0 Å². The van der Waals surface area contributed by atoms with Gasteiger partial charge in [-0.25, -0.2) is 0 Å². The van der Waals surface area contributed by atoms with Gasteiger partial charge in [0.05, 0.1) is 16.6 Å². The molecule has 112 valence electrons. The maximum atomic E-state index is 6.18. The first-order chi connectivity index (χ1) is 10.0. The maximum Gasteiger partial charge on any atom is 0.259 e. The first-order valence-electron chi connectivity index (χ1n) is 6.82. The van der Waals surface area contributed by atoms with Gasteiger partial charge in [-0.15, -0.1) is 0 Å². The predicted octanol–water partition coefficient (Wildman–Crippen LogP) is 1.89. The standard InChI is InChI=1S/C14H18ClN5O/c1-19-5-6-20(2)12(8-19)13-17-14(21-18-13)10-4-3-9(16)7-11(10)15/h3-4,7,12H,5-6,8,16H2,1-2H3. The van der Waals surface area contributed by atoms with Crippen molar-refractivity contribution in [2.24, 2.45) is 0 Å². The zero-order valence-electron chi connectivity index (χ0n) is 12.1. The van der Waals surface area contributed by atoms with E-state index in [0.717, 1.165) is 19.6 Å². The number of hydrogen-bond donors (Lipinski definition) is 1. The fourth-order valence-corrected chi connectivity index (χ4v) is 2.74. The highest BCUT2D eigenvalue weighted by Gasteiger charge is 2.28. The highest BCUT2D eigenvalue weighted by Crippen LogP contribution is 2.30. The van der Waals surface area contributed by atoms with Gasteiger partial charge in [0, 0.05) is 25.3 Å². The van der Waals surface area contributed by atoms with Crippen molar-refractivity contribution < 1.29 is 4.52 Å². The highest BCUT2D eigenvalue weighted by molar-refractivity contribution is 6.33. The molecule has 1 fully saturated rings. The first-order valence-corrected chi connectivity index (χ1v) is 7.20. The summed E-state index contributed by atoms with van der Waals surface area (Å²) in [4.78, 5) is 9.00. The SMILES string of the molecule is CN1CCN(C)C(c2noc(-c3ccc(N)cc3Cl)n2)C1. The number of halogens is 1. The van der Waals surface area contributed by atoms with E-state index in [2.05, 4.69) is 34.0 Å². The number of benzene rings is 1. The molecule has 0 bridgehead atoms. The quantitative estimate of drug-likeness (QED) is 0.854. The van der Waals surface area contributed by atoms with Crippen LogP contribution in [0.15, 0.2) is 22.7 Å². The molecule has 1 unspecified atom stereocenters. The number of hydrogen-bond acceptors (Lipinski definition) is 6. The number of anilines is 1. The van der Waals surface area contributed by atoms with Gasteiger partial charge in [0.1, 0.15) is 0 Å². The van der Waals surface area contributed by atoms with E-state index in [1.54, 1.807) is 18.2 Å². The topological polar surface area (TPSA) is 71.4 Å². The second kappa shape index (κ2) is 5.63. The third kappa shape index (κ3) is 2.88. The highest BCUT2D eigenvalue weighted by atomic mass is 35.5. The van der Waals surface area contributed by atoms with Gasteiger partial charge in [-0.3, -0.25) is 4.90 Å². The summed E-state index contributed by atoms with van der Waals surface area (Å²) < 4.78 is 5.38. The molecule has 0 saturated carbocycles. The molecule has 2 N–H and O–H groups in total. The number of piperazine rings is 1. The Morgan fingerprint density at radius 2 is 2.14 bits per heavy atom. The van der Waals surface area contributed by atoms with Gasteiger partial charge >= 0.3 is 0 Å². The lowest BCUT2D eigenvalue weighted by Gasteiger charge is -2.35. The van der Waals surface area contributed by atoms with Crippen molar-refractivity contribution in [1.29, 1.82) is 0 Å². The van der Waals surface area contributed by atoms with Crippen molar-refractivity contribution in [1.82, 2.24) is 19.9 Å². The summed E-state index contributed by atoms with van der Waals surface area (Å²) in [7, 11) is 4.17. The molecule has 1 aliphatic heterocycles. The Bertz CT molecular complexity index is 644. The Balaban J connectivity index is 1.89. The van der Waals surface area contributed by atoms with Gasteiger partial charge < -0.3 is 15.2 Å². The van der Waals surface area contributed by atoms with E-state index >= 15 is 0 Å². The summed E-state index contributed by atoms with van der Waals surface area (Å²) in [6.45, 7) is 2.90. The van der Waals surface area contributed by atoms with Gasteiger partial charge in [-0.2, -0.15) is 4.98 Å². The molecular weight excluding hydrogens is 290 g/mol. The van der Waals surface area contributed by atoms with Crippen LogP contribution in [0.25, 0.3) is 11.5 Å². The average molecular weight is 308 g/mol. The van der Waals surface area contributed by atoms with Crippen LogP contribution < -0.4 is 5.73 Å². The van der Waals surface area contributed by atoms with E-state index in [4.69, 9.17) is 21.9 Å². The van der Waals surface area contributed by atoms with Crippen molar-refractivity contribution in [3.05, 3.63) is 29.0 Å². The van der Waals surface area contributed by atoms with Gasteiger partial charge in [0.25, 0.3) is 5.89 Å². The van der Waals surface area contributed by atoms with Crippen molar-refractivity contribution in [2.75, 3.05) is 39.5 Å². The smallest absolute Gasteiger partial charge is 0.259 e. The third-order valence-corrected chi connectivity index (χ3v) is 4.13. The molecule has 1 aliphatic rings. The largest absolute Gasteiger partial charge is 0.399 e. The lowest BCUT2D eigenvalue weighted by molar-refractivity contribution is 0.108. The van der Waals surface area contributed by atoms with Crippen molar-refractivity contribution >= 4 is 17.3 Å². The molecule has 1 aromatic heterocycles. The zero-order chi connectivity index (χ0) is 15.0. The molecule has 2 aromatic rings. The number of nitrogens with zero attached hydrogens (tertiary/aromatic N) is 4. The Hall–Kier alpha value is -1.63. The molecule has 7 heteroatoms. The molecule has 3 rings (SSSR count). The fraction of sp³-hybridized carbons (Fsp3) is 0.429. The molecule has 1 atom stereocenters. The molecule has 0 spiro atoms. The van der Waals surface area contributed by atoms with Crippen LogP contribution in [0.5, 0.6) is 0 Å². The van der Waals surface area contributed by atoms with E-state index in [0.29, 0.717) is 28.0 Å². The van der Waals surface area contributed by atoms with Crippen molar-refractivity contribution in [3.63, 3.8) is 0 Å². The minimum Gasteiger partial charge on any atom is -0.399 e. The molecule has 1 aromatic carbocycles. The summed E-state index contributed by atoms with van der Waals surface area (Å²) in [5, 5.41) is 4.63. The number of aromatic nitrogens is 2. The average Bonchev–Trinajstić information content (AvgIpc) is 2.91.